The molecule has 1 aromatic heterocycles. The largest absolute Gasteiger partial charge is 0.504 e. The smallest absolute Gasteiger partial charge is 0.240 e. The highest BCUT2D eigenvalue weighted by Crippen LogP contribution is 2.52. The number of phenols is 1. The second-order valence-electron chi connectivity index (χ2n) is 5.76. The van der Waals surface area contributed by atoms with E-state index < -0.39 is 11.2 Å². The number of aromatic nitrogens is 1. The zero-order chi connectivity index (χ0) is 17.7. The van der Waals surface area contributed by atoms with Crippen molar-refractivity contribution in [2.24, 2.45) is 5.92 Å². The normalized spacial score (nSPS) is 24.6. The standard InChI is InChI=1S/C16H14N2O4S3/c1-2-22-8-5-6(3-4-7(8)19)9-10-11(14(21)17-13(10)20)24-15-12(9)25-16(23)18-15/h3-5,9-11,19H,2H2,1H3,(H,18,23)(H,17,20,21). The number of carbonyl (C=O) groups excluding carboxylic acids is 2. The number of hydrogen-bond donors (Lipinski definition) is 3. The van der Waals surface area contributed by atoms with Crippen LogP contribution in [-0.2, 0) is 9.59 Å². The van der Waals surface area contributed by atoms with Gasteiger partial charge in [0.1, 0.15) is 5.25 Å². The maximum atomic E-state index is 12.4. The van der Waals surface area contributed by atoms with Gasteiger partial charge in [-0.1, -0.05) is 17.8 Å². The van der Waals surface area contributed by atoms with Gasteiger partial charge in [-0.25, -0.2) is 0 Å². The van der Waals surface area contributed by atoms with Crippen molar-refractivity contribution in [1.29, 1.82) is 0 Å². The summed E-state index contributed by atoms with van der Waals surface area (Å²) in [6.07, 6.45) is 0. The fraction of sp³-hybridized carbons (Fsp3) is 0.312. The minimum absolute atomic E-state index is 0.0428. The Morgan fingerprint density at radius 1 is 1.32 bits per heavy atom. The van der Waals surface area contributed by atoms with Crippen LogP contribution in [0.15, 0.2) is 23.2 Å². The first-order valence-corrected chi connectivity index (χ1v) is 9.80. The summed E-state index contributed by atoms with van der Waals surface area (Å²) in [7, 11) is 0. The molecule has 2 aromatic rings. The van der Waals surface area contributed by atoms with Crippen molar-refractivity contribution in [3.8, 4) is 11.5 Å². The molecule has 4 rings (SSSR count). The van der Waals surface area contributed by atoms with E-state index in [1.165, 1.54) is 23.1 Å². The first kappa shape index (κ1) is 16.6. The van der Waals surface area contributed by atoms with Crippen LogP contribution in [0.2, 0.25) is 0 Å². The lowest BCUT2D eigenvalue weighted by Gasteiger charge is -2.30. The van der Waals surface area contributed by atoms with E-state index in [1.807, 2.05) is 6.92 Å². The molecule has 9 heteroatoms. The fourth-order valence-electron chi connectivity index (χ4n) is 3.29. The van der Waals surface area contributed by atoms with Crippen molar-refractivity contribution in [3.05, 3.63) is 32.6 Å². The topological polar surface area (TPSA) is 91.4 Å². The van der Waals surface area contributed by atoms with Gasteiger partial charge in [-0.3, -0.25) is 14.9 Å². The molecule has 0 radical (unpaired) electrons. The molecule has 2 amide bonds. The molecule has 3 atom stereocenters. The highest BCUT2D eigenvalue weighted by Gasteiger charge is 2.52. The third-order valence-electron chi connectivity index (χ3n) is 4.30. The molecular weight excluding hydrogens is 380 g/mol. The van der Waals surface area contributed by atoms with Gasteiger partial charge in [-0.05, 0) is 36.8 Å². The summed E-state index contributed by atoms with van der Waals surface area (Å²) in [5, 5.41) is 12.7. The third-order valence-corrected chi connectivity index (χ3v) is 7.07. The van der Waals surface area contributed by atoms with Crippen molar-refractivity contribution in [2.45, 2.75) is 23.1 Å². The van der Waals surface area contributed by atoms with Crippen LogP contribution in [0.5, 0.6) is 11.5 Å². The van der Waals surface area contributed by atoms with Crippen LogP contribution in [0.4, 0.5) is 0 Å². The molecule has 2 aliphatic heterocycles. The Kier molecular flexibility index (Phi) is 4.09. The Bertz CT molecular complexity index is 936. The van der Waals surface area contributed by atoms with E-state index >= 15 is 0 Å². The number of aromatic amines is 1. The minimum Gasteiger partial charge on any atom is -0.504 e. The fourth-order valence-corrected chi connectivity index (χ4v) is 6.22. The second kappa shape index (κ2) is 6.15. The number of nitrogens with one attached hydrogen (secondary N) is 2. The van der Waals surface area contributed by atoms with Gasteiger partial charge < -0.3 is 14.8 Å². The van der Waals surface area contributed by atoms with E-state index in [-0.39, 0.29) is 23.5 Å². The molecule has 3 unspecified atom stereocenters. The highest BCUT2D eigenvalue weighted by atomic mass is 32.2. The summed E-state index contributed by atoms with van der Waals surface area (Å²) < 4.78 is 6.08. The lowest BCUT2D eigenvalue weighted by molar-refractivity contribution is -0.125. The maximum absolute atomic E-state index is 12.4. The van der Waals surface area contributed by atoms with E-state index in [1.54, 1.807) is 18.2 Å². The third kappa shape index (κ3) is 2.66. The zero-order valence-electron chi connectivity index (χ0n) is 13.1. The Hall–Kier alpha value is -1.84. The van der Waals surface area contributed by atoms with Gasteiger partial charge in [0.15, 0.2) is 15.5 Å². The predicted molar refractivity (Wildman–Crippen MR) is 96.9 cm³/mol. The zero-order valence-corrected chi connectivity index (χ0v) is 15.5. The van der Waals surface area contributed by atoms with Gasteiger partial charge in [0.25, 0.3) is 0 Å². The van der Waals surface area contributed by atoms with E-state index in [2.05, 4.69) is 10.3 Å². The van der Waals surface area contributed by atoms with E-state index in [0.717, 1.165) is 15.5 Å². The van der Waals surface area contributed by atoms with Crippen molar-refractivity contribution in [1.82, 2.24) is 10.3 Å². The summed E-state index contributed by atoms with van der Waals surface area (Å²) in [5.74, 6) is -0.967. The van der Waals surface area contributed by atoms with Crippen LogP contribution < -0.4 is 10.1 Å². The molecule has 1 fully saturated rings. The van der Waals surface area contributed by atoms with Crippen molar-refractivity contribution in [3.63, 3.8) is 0 Å². The van der Waals surface area contributed by atoms with E-state index in [0.29, 0.717) is 16.3 Å². The molecule has 130 valence electrons. The monoisotopic (exact) mass is 394 g/mol. The minimum atomic E-state index is -0.509. The van der Waals surface area contributed by atoms with Crippen molar-refractivity contribution in [2.75, 3.05) is 6.61 Å². The predicted octanol–water partition coefficient (Wildman–Crippen LogP) is 2.79. The average Bonchev–Trinajstić information content (AvgIpc) is 3.07. The number of ether oxygens (including phenoxy) is 1. The molecule has 1 aromatic carbocycles. The van der Waals surface area contributed by atoms with E-state index in [4.69, 9.17) is 17.0 Å². The van der Waals surface area contributed by atoms with Crippen LogP contribution in [0.3, 0.4) is 0 Å². The number of carbonyl (C=O) groups is 2. The molecule has 0 bridgehead atoms. The molecule has 1 saturated heterocycles. The van der Waals surface area contributed by atoms with Crippen LogP contribution in [0.25, 0.3) is 0 Å². The first-order valence-electron chi connectivity index (χ1n) is 7.69. The van der Waals surface area contributed by atoms with Gasteiger partial charge in [-0.15, -0.1) is 11.3 Å². The molecule has 0 aliphatic carbocycles. The van der Waals surface area contributed by atoms with E-state index in [9.17, 15) is 14.7 Å². The quantitative estimate of drug-likeness (QED) is 0.548. The molecule has 2 aliphatic rings. The number of thioether (sulfide) groups is 1. The number of H-pyrrole nitrogens is 1. The van der Waals surface area contributed by atoms with Crippen LogP contribution in [-0.4, -0.2) is 33.8 Å². The molecule has 6 nitrogen and oxygen atoms in total. The van der Waals surface area contributed by atoms with Crippen molar-refractivity contribution >= 4 is 47.1 Å². The van der Waals surface area contributed by atoms with Gasteiger partial charge in [0.05, 0.1) is 17.6 Å². The summed E-state index contributed by atoms with van der Waals surface area (Å²) in [4.78, 5) is 28.7. The number of phenolic OH excluding ortho intramolecular Hbond substituents is 1. The molecule has 3 heterocycles. The van der Waals surface area contributed by atoms with Crippen LogP contribution >= 0.6 is 35.3 Å². The molecular formula is C16H14N2O4S3. The number of imide groups is 1. The summed E-state index contributed by atoms with van der Waals surface area (Å²) in [5.41, 5.74) is 0.813. The van der Waals surface area contributed by atoms with Crippen LogP contribution in [0, 0.1) is 9.87 Å². The van der Waals surface area contributed by atoms with Gasteiger partial charge >= 0.3 is 0 Å². The average molecular weight is 394 g/mol. The summed E-state index contributed by atoms with van der Waals surface area (Å²) >= 11 is 8.03. The Morgan fingerprint density at radius 2 is 2.12 bits per heavy atom. The number of amides is 2. The lowest BCUT2D eigenvalue weighted by atomic mass is 9.83. The first-order chi connectivity index (χ1) is 12.0. The molecule has 0 spiro atoms. The summed E-state index contributed by atoms with van der Waals surface area (Å²) in [6.45, 7) is 2.25. The number of benzene rings is 1. The second-order valence-corrected chi connectivity index (χ2v) is 8.63. The number of rotatable bonds is 3. The lowest BCUT2D eigenvalue weighted by Crippen LogP contribution is -2.31. The molecule has 25 heavy (non-hydrogen) atoms. The molecule has 3 N–H and O–H groups in total. The number of hydrogen-bond acceptors (Lipinski definition) is 7. The Morgan fingerprint density at radius 3 is 2.88 bits per heavy atom. The molecule has 0 saturated carbocycles. The maximum Gasteiger partial charge on any atom is 0.240 e. The summed E-state index contributed by atoms with van der Waals surface area (Å²) in [6, 6.07) is 5.05. The Balaban J connectivity index is 1.88. The number of thiazole rings is 1. The number of fused-ring (bicyclic) bond motifs is 2. The number of aromatic hydroxyl groups is 1. The SMILES string of the molecule is CCOc1cc(C2c3sc(=S)[nH]c3SC3C(=O)NC(=O)C32)ccc1O. The van der Waals surface area contributed by atoms with Gasteiger partial charge in [0.2, 0.25) is 11.8 Å². The van der Waals surface area contributed by atoms with Crippen molar-refractivity contribution < 1.29 is 19.4 Å². The van der Waals surface area contributed by atoms with Gasteiger partial charge in [-0.2, -0.15) is 0 Å². The van der Waals surface area contributed by atoms with Gasteiger partial charge in [0, 0.05) is 10.8 Å². The van der Waals surface area contributed by atoms with Crippen LogP contribution in [0.1, 0.15) is 23.3 Å². The Labute approximate surface area is 156 Å². The highest BCUT2D eigenvalue weighted by molar-refractivity contribution is 8.00.